The van der Waals surface area contributed by atoms with Gasteiger partial charge in [0.2, 0.25) is 0 Å². The van der Waals surface area contributed by atoms with Crippen molar-refractivity contribution in [2.24, 2.45) is 10.6 Å². The van der Waals surface area contributed by atoms with E-state index in [0.29, 0.717) is 12.8 Å². The molecule has 0 amide bonds. The van der Waals surface area contributed by atoms with Crippen LogP contribution in [0.25, 0.3) is 0 Å². The van der Waals surface area contributed by atoms with Gasteiger partial charge < -0.3 is 4.53 Å². The predicted octanol–water partition coefficient (Wildman–Crippen LogP) is 2.97. The average molecular weight is 227 g/mol. The number of hydrogen-bond donors (Lipinski definition) is 0. The lowest BCUT2D eigenvalue weighted by atomic mass is 9.76. The molecule has 4 heteroatoms. The quantitative estimate of drug-likeness (QED) is 0.537. The molecule has 86 valence electrons. The third-order valence-electron chi connectivity index (χ3n) is 2.21. The van der Waals surface area contributed by atoms with Crippen molar-refractivity contribution >= 4 is 19.8 Å². The minimum atomic E-state index is -1.61. The minimum Gasteiger partial charge on any atom is -0.456 e. The van der Waals surface area contributed by atoms with Crippen LogP contribution in [-0.2, 0) is 9.32 Å². The van der Waals surface area contributed by atoms with Gasteiger partial charge in [-0.2, -0.15) is 0 Å². The minimum absolute atomic E-state index is 0.0525. The maximum Gasteiger partial charge on any atom is 0.278 e. The fourth-order valence-corrected chi connectivity index (χ4v) is 2.17. The van der Waals surface area contributed by atoms with Crippen molar-refractivity contribution in [3.05, 3.63) is 0 Å². The van der Waals surface area contributed by atoms with Gasteiger partial charge in [0, 0.05) is 12.8 Å². The number of oxime groups is 1. The molecule has 0 saturated heterocycles. The van der Waals surface area contributed by atoms with E-state index in [2.05, 4.69) is 38.6 Å². The molecule has 0 spiro atoms. The van der Waals surface area contributed by atoms with E-state index >= 15 is 0 Å². The third-order valence-corrected chi connectivity index (χ3v) is 2.85. The molecule has 0 bridgehead atoms. The molecule has 1 saturated carbocycles. The zero-order chi connectivity index (χ0) is 11.7. The van der Waals surface area contributed by atoms with Crippen LogP contribution in [0.4, 0.5) is 0 Å². The van der Waals surface area contributed by atoms with E-state index in [4.69, 9.17) is 4.53 Å². The summed E-state index contributed by atoms with van der Waals surface area (Å²) in [5.41, 5.74) is 0.968. The molecule has 0 radical (unpaired) electrons. The molecule has 1 aliphatic rings. The lowest BCUT2D eigenvalue weighted by molar-refractivity contribution is -0.120. The van der Waals surface area contributed by atoms with Gasteiger partial charge in [-0.3, -0.25) is 4.79 Å². The maximum atomic E-state index is 11.5. The van der Waals surface area contributed by atoms with Crippen LogP contribution in [0.2, 0.25) is 19.6 Å². The van der Waals surface area contributed by atoms with E-state index in [1.807, 2.05) is 0 Å². The molecule has 0 heterocycles. The Bertz CT molecular complexity index is 289. The molecule has 3 nitrogen and oxygen atoms in total. The lowest BCUT2D eigenvalue weighted by Gasteiger charge is -2.29. The number of rotatable bonds is 2. The maximum absolute atomic E-state index is 11.5. The van der Waals surface area contributed by atoms with Crippen LogP contribution in [0.5, 0.6) is 0 Å². The van der Waals surface area contributed by atoms with E-state index < -0.39 is 8.32 Å². The fourth-order valence-electron chi connectivity index (χ4n) is 1.77. The molecule has 0 N–H and O–H groups in total. The summed E-state index contributed by atoms with van der Waals surface area (Å²) in [6.45, 7) is 10.5. The summed E-state index contributed by atoms with van der Waals surface area (Å²) in [7, 11) is -1.61. The second kappa shape index (κ2) is 4.08. The highest BCUT2D eigenvalue weighted by molar-refractivity contribution is 6.69. The molecule has 15 heavy (non-hydrogen) atoms. The zero-order valence-corrected chi connectivity index (χ0v) is 11.4. The van der Waals surface area contributed by atoms with E-state index in [9.17, 15) is 4.79 Å². The molecule has 1 fully saturated rings. The topological polar surface area (TPSA) is 38.7 Å². The largest absolute Gasteiger partial charge is 0.456 e. The Kier molecular flexibility index (Phi) is 3.38. The first kappa shape index (κ1) is 12.4. The number of hydrogen-bond acceptors (Lipinski definition) is 3. The first-order chi connectivity index (χ1) is 6.68. The SMILES string of the molecule is CC1(C)CC(=O)C/C(=N\O[Si](C)(C)C)C1. The van der Waals surface area contributed by atoms with Crippen LogP contribution in [0, 0.1) is 5.41 Å². The Morgan fingerprint density at radius 3 is 2.33 bits per heavy atom. The van der Waals surface area contributed by atoms with Crippen molar-refractivity contribution in [3.63, 3.8) is 0 Å². The summed E-state index contributed by atoms with van der Waals surface area (Å²) < 4.78 is 5.49. The second-order valence-electron chi connectivity index (χ2n) is 6.09. The Morgan fingerprint density at radius 2 is 1.87 bits per heavy atom. The zero-order valence-electron chi connectivity index (χ0n) is 10.4. The Labute approximate surface area is 93.0 Å². The van der Waals surface area contributed by atoms with Gasteiger partial charge in [-0.15, -0.1) is 5.16 Å². The van der Waals surface area contributed by atoms with Gasteiger partial charge >= 0.3 is 0 Å². The fraction of sp³-hybridized carbons (Fsp3) is 0.818. The van der Waals surface area contributed by atoms with Crippen LogP contribution in [0.15, 0.2) is 5.16 Å². The van der Waals surface area contributed by atoms with E-state index in [0.717, 1.165) is 12.1 Å². The van der Waals surface area contributed by atoms with Crippen LogP contribution in [-0.4, -0.2) is 19.8 Å². The smallest absolute Gasteiger partial charge is 0.278 e. The van der Waals surface area contributed by atoms with Gasteiger partial charge in [0.15, 0.2) is 0 Å². The first-order valence-electron chi connectivity index (χ1n) is 5.44. The van der Waals surface area contributed by atoms with Crippen LogP contribution >= 0.6 is 0 Å². The summed E-state index contributed by atoms with van der Waals surface area (Å²) >= 11 is 0. The number of carbonyl (C=O) groups is 1. The predicted molar refractivity (Wildman–Crippen MR) is 64.5 cm³/mol. The van der Waals surface area contributed by atoms with Crippen molar-refractivity contribution in [2.75, 3.05) is 0 Å². The van der Waals surface area contributed by atoms with Crippen LogP contribution < -0.4 is 0 Å². The summed E-state index contributed by atoms with van der Waals surface area (Å²) in [6.07, 6.45) is 2.02. The van der Waals surface area contributed by atoms with Crippen molar-refractivity contribution in [3.8, 4) is 0 Å². The van der Waals surface area contributed by atoms with Crippen molar-refractivity contribution in [2.45, 2.75) is 52.8 Å². The summed E-state index contributed by atoms with van der Waals surface area (Å²) in [5, 5.41) is 4.16. The molecule has 0 aromatic rings. The normalized spacial score (nSPS) is 24.3. The van der Waals surface area contributed by atoms with Gasteiger partial charge in [0.1, 0.15) is 5.78 Å². The van der Waals surface area contributed by atoms with Gasteiger partial charge in [0.25, 0.3) is 8.32 Å². The lowest BCUT2D eigenvalue weighted by Crippen LogP contribution is -2.30. The number of Topliss-reactive ketones (excluding diaryl/α,β-unsaturated/α-hetero) is 1. The average Bonchev–Trinajstić information content (AvgIpc) is 1.95. The van der Waals surface area contributed by atoms with Gasteiger partial charge in [-0.25, -0.2) is 0 Å². The molecule has 1 aliphatic carbocycles. The Hall–Kier alpha value is -0.643. The summed E-state index contributed by atoms with van der Waals surface area (Å²) in [6, 6.07) is 0. The molecule has 0 aromatic carbocycles. The van der Waals surface area contributed by atoms with Crippen molar-refractivity contribution in [1.82, 2.24) is 0 Å². The molecule has 0 aromatic heterocycles. The molecule has 1 rings (SSSR count). The third kappa shape index (κ3) is 4.60. The molecular formula is C11H21NO2Si. The molecule has 0 atom stereocenters. The summed E-state index contributed by atoms with van der Waals surface area (Å²) in [4.78, 5) is 11.5. The van der Waals surface area contributed by atoms with Crippen LogP contribution in [0.1, 0.15) is 33.1 Å². The summed E-state index contributed by atoms with van der Waals surface area (Å²) in [5.74, 6) is 0.282. The van der Waals surface area contributed by atoms with Gasteiger partial charge in [-0.1, -0.05) is 13.8 Å². The van der Waals surface area contributed by atoms with E-state index in [-0.39, 0.29) is 11.2 Å². The molecular weight excluding hydrogens is 206 g/mol. The van der Waals surface area contributed by atoms with Crippen molar-refractivity contribution < 1.29 is 9.32 Å². The number of nitrogens with zero attached hydrogens (tertiary/aromatic N) is 1. The molecule has 0 unspecified atom stereocenters. The van der Waals surface area contributed by atoms with E-state index in [1.54, 1.807) is 0 Å². The van der Waals surface area contributed by atoms with Crippen molar-refractivity contribution in [1.29, 1.82) is 0 Å². The first-order valence-corrected chi connectivity index (χ1v) is 8.84. The highest BCUT2D eigenvalue weighted by Gasteiger charge is 2.31. The van der Waals surface area contributed by atoms with Gasteiger partial charge in [0.05, 0.1) is 5.71 Å². The highest BCUT2D eigenvalue weighted by atomic mass is 28.4. The number of ketones is 1. The second-order valence-corrected chi connectivity index (χ2v) is 10.5. The highest BCUT2D eigenvalue weighted by Crippen LogP contribution is 2.31. The molecule has 0 aliphatic heterocycles. The monoisotopic (exact) mass is 227 g/mol. The van der Waals surface area contributed by atoms with E-state index in [1.165, 1.54) is 0 Å². The van der Waals surface area contributed by atoms with Gasteiger partial charge in [-0.05, 0) is 31.5 Å². The Morgan fingerprint density at radius 1 is 1.27 bits per heavy atom. The number of carbonyl (C=O) groups excluding carboxylic acids is 1. The van der Waals surface area contributed by atoms with Crippen LogP contribution in [0.3, 0.4) is 0 Å². The Balaban J connectivity index is 2.66. The standard InChI is InChI=1S/C11H21NO2Si/c1-11(2)7-9(6-10(13)8-11)12-14-15(3,4)5/h6-8H2,1-5H3/b12-9+.